The summed E-state index contributed by atoms with van der Waals surface area (Å²) in [4.78, 5) is 82.6. The number of rotatable bonds is 16. The van der Waals surface area contributed by atoms with E-state index in [0.29, 0.717) is 22.6 Å². The molecular formula is C48H34ClF5N2O11. The third-order valence-electron chi connectivity index (χ3n) is 10.7. The second-order valence-corrected chi connectivity index (χ2v) is 15.4. The van der Waals surface area contributed by atoms with Gasteiger partial charge in [-0.25, -0.2) is 14.2 Å². The second kappa shape index (κ2) is 18.7. The number of fused-ring (bicyclic) bond motifs is 4. The number of carbonyl (C=O) groups excluding carboxylic acids is 6. The smallest absolute Gasteiger partial charge is 0.387 e. The molecule has 0 fully saturated rings. The molecule has 2 aliphatic rings. The van der Waals surface area contributed by atoms with Crippen LogP contribution in [0.4, 0.5) is 33.3 Å². The summed E-state index contributed by atoms with van der Waals surface area (Å²) in [6.45, 7) is -2.92. The summed E-state index contributed by atoms with van der Waals surface area (Å²) in [6, 6.07) is 18.9. The maximum atomic E-state index is 15.8. The zero-order valence-corrected chi connectivity index (χ0v) is 35.9. The number of anilines is 2. The van der Waals surface area contributed by atoms with Crippen molar-refractivity contribution in [2.24, 2.45) is 0 Å². The van der Waals surface area contributed by atoms with E-state index in [-0.39, 0.29) is 73.7 Å². The van der Waals surface area contributed by atoms with Gasteiger partial charge in [0.1, 0.15) is 28.8 Å². The molecule has 67 heavy (non-hydrogen) atoms. The highest BCUT2D eigenvalue weighted by Crippen LogP contribution is 2.49. The molecule has 19 heteroatoms. The molecule has 0 N–H and O–H groups in total. The molecule has 0 bridgehead atoms. The third kappa shape index (κ3) is 8.44. The molecule has 4 amide bonds. The molecule has 6 aromatic rings. The first-order valence-corrected chi connectivity index (χ1v) is 20.9. The number of alkyl halides is 4. The molecule has 0 aliphatic carbocycles. The molecule has 0 atom stereocenters. The zero-order chi connectivity index (χ0) is 47.8. The fourth-order valence-electron chi connectivity index (χ4n) is 7.98. The van der Waals surface area contributed by atoms with Gasteiger partial charge < -0.3 is 23.7 Å². The van der Waals surface area contributed by atoms with Gasteiger partial charge in [0.15, 0.2) is 0 Å². The van der Waals surface area contributed by atoms with Crippen molar-refractivity contribution in [1.29, 1.82) is 0 Å². The number of nitrogens with zero attached hydrogens (tertiary/aromatic N) is 2. The van der Waals surface area contributed by atoms with E-state index in [0.717, 1.165) is 12.1 Å². The van der Waals surface area contributed by atoms with Gasteiger partial charge in [-0.05, 0) is 48.2 Å². The van der Waals surface area contributed by atoms with Gasteiger partial charge in [-0.1, -0.05) is 86.1 Å². The van der Waals surface area contributed by atoms with Crippen LogP contribution in [0.3, 0.4) is 0 Å². The summed E-state index contributed by atoms with van der Waals surface area (Å²) in [5.41, 5.74) is -2.31. The lowest BCUT2D eigenvalue weighted by atomic mass is 9.99. The number of imide groups is 2. The first-order valence-electron chi connectivity index (χ1n) is 20.5. The van der Waals surface area contributed by atoms with Crippen molar-refractivity contribution in [2.75, 3.05) is 23.0 Å². The summed E-state index contributed by atoms with van der Waals surface area (Å²) in [7, 11) is 0. The van der Waals surface area contributed by atoms with E-state index >= 15 is 4.39 Å². The molecule has 0 radical (unpaired) electrons. The van der Waals surface area contributed by atoms with E-state index in [9.17, 15) is 46.3 Å². The predicted molar refractivity (Wildman–Crippen MR) is 231 cm³/mol. The topological polar surface area (TPSA) is 155 Å². The lowest BCUT2D eigenvalue weighted by Crippen LogP contribution is -2.30. The quantitative estimate of drug-likeness (QED) is 0.0394. The monoisotopic (exact) mass is 944 g/mol. The highest BCUT2D eigenvalue weighted by Gasteiger charge is 2.46. The van der Waals surface area contributed by atoms with Crippen LogP contribution in [0.5, 0.6) is 23.0 Å². The number of hydrogen-bond acceptors (Lipinski definition) is 11. The average Bonchev–Trinajstić information content (AvgIpc) is 3.69. The van der Waals surface area contributed by atoms with Crippen molar-refractivity contribution in [3.05, 3.63) is 129 Å². The van der Waals surface area contributed by atoms with E-state index in [1.54, 1.807) is 25.1 Å². The fourth-order valence-corrected chi connectivity index (χ4v) is 8.27. The van der Waals surface area contributed by atoms with Gasteiger partial charge in [0.2, 0.25) is 0 Å². The molecule has 0 unspecified atom stereocenters. The molecule has 0 saturated carbocycles. The van der Waals surface area contributed by atoms with Gasteiger partial charge in [-0.3, -0.25) is 28.8 Å². The van der Waals surface area contributed by atoms with Crippen molar-refractivity contribution in [3.8, 4) is 23.0 Å². The van der Waals surface area contributed by atoms with Gasteiger partial charge in [-0.2, -0.15) is 17.6 Å². The van der Waals surface area contributed by atoms with E-state index in [4.69, 9.17) is 35.3 Å². The molecule has 13 nitrogen and oxygen atoms in total. The van der Waals surface area contributed by atoms with Crippen molar-refractivity contribution < 1.29 is 74.4 Å². The van der Waals surface area contributed by atoms with E-state index in [2.05, 4.69) is 0 Å². The highest BCUT2D eigenvalue weighted by molar-refractivity contribution is 6.42. The minimum absolute atomic E-state index is 0.00383. The number of hydrogen-bond donors (Lipinski definition) is 0. The minimum Gasteiger partial charge on any atom is -0.492 e. The SMILES string of the molecule is CCCOc1c2c(c(OC(F)F)c3ccccc13)C(=O)N(c1ccc(CC(=O)OC(=O)Cc3ccc(N4C(=O)c5c(c(OC(F)F)c6ccccc6c5OCCC)C4=O)c(Cl)c3)cc1F)C2=O. The normalized spacial score (nSPS) is 13.3. The van der Waals surface area contributed by atoms with Crippen LogP contribution < -0.4 is 28.7 Å². The molecule has 0 spiro atoms. The van der Waals surface area contributed by atoms with Crippen LogP contribution in [0.25, 0.3) is 21.5 Å². The zero-order valence-electron chi connectivity index (χ0n) is 35.1. The van der Waals surface area contributed by atoms with Crippen molar-refractivity contribution in [3.63, 3.8) is 0 Å². The molecule has 6 aromatic carbocycles. The Labute approximate surface area is 381 Å². The number of esters is 2. The number of benzene rings is 6. The van der Waals surface area contributed by atoms with Crippen LogP contribution in [-0.4, -0.2) is 62.0 Å². The van der Waals surface area contributed by atoms with Crippen molar-refractivity contribution in [1.82, 2.24) is 0 Å². The Morgan fingerprint density at radius 2 is 0.925 bits per heavy atom. The van der Waals surface area contributed by atoms with Gasteiger partial charge >= 0.3 is 25.2 Å². The van der Waals surface area contributed by atoms with Crippen LogP contribution >= 0.6 is 11.6 Å². The van der Waals surface area contributed by atoms with E-state index in [1.165, 1.54) is 54.6 Å². The Kier molecular flexibility index (Phi) is 12.8. The predicted octanol–water partition coefficient (Wildman–Crippen LogP) is 10.0. The van der Waals surface area contributed by atoms with E-state index < -0.39 is 101 Å². The minimum atomic E-state index is -3.39. The van der Waals surface area contributed by atoms with Gasteiger partial charge in [0.05, 0.1) is 64.7 Å². The van der Waals surface area contributed by atoms with Crippen LogP contribution in [0, 0.1) is 5.82 Å². The van der Waals surface area contributed by atoms with E-state index in [1.807, 2.05) is 6.92 Å². The molecule has 2 heterocycles. The van der Waals surface area contributed by atoms with Crippen molar-refractivity contribution in [2.45, 2.75) is 52.8 Å². The maximum Gasteiger partial charge on any atom is 0.387 e. The highest BCUT2D eigenvalue weighted by atomic mass is 35.5. The summed E-state index contributed by atoms with van der Waals surface area (Å²) in [5.74, 6) is -8.74. The summed E-state index contributed by atoms with van der Waals surface area (Å²) in [5, 5.41) is 0.416. The van der Waals surface area contributed by atoms with Crippen LogP contribution in [0.2, 0.25) is 5.02 Å². The Morgan fingerprint density at radius 3 is 1.31 bits per heavy atom. The summed E-state index contributed by atoms with van der Waals surface area (Å²) in [6.07, 6.45) is -0.210. The number of ether oxygens (including phenoxy) is 5. The first-order chi connectivity index (χ1) is 32.1. The number of carbonyl (C=O) groups is 6. The maximum absolute atomic E-state index is 15.8. The third-order valence-corrected chi connectivity index (χ3v) is 11.0. The Morgan fingerprint density at radius 1 is 0.552 bits per heavy atom. The van der Waals surface area contributed by atoms with Crippen molar-refractivity contribution >= 4 is 80.1 Å². The first kappa shape index (κ1) is 45.9. The Bertz CT molecular complexity index is 2870. The second-order valence-electron chi connectivity index (χ2n) is 15.0. The Balaban J connectivity index is 0.976. The molecule has 2 aliphatic heterocycles. The number of amides is 4. The fraction of sp³-hybridized carbons (Fsp3) is 0.208. The van der Waals surface area contributed by atoms with Crippen LogP contribution in [0.15, 0.2) is 84.9 Å². The number of halogens is 6. The summed E-state index contributed by atoms with van der Waals surface area (Å²) < 4.78 is 96.9. The van der Waals surface area contributed by atoms with Crippen LogP contribution in [-0.2, 0) is 27.2 Å². The van der Waals surface area contributed by atoms with Gasteiger partial charge in [-0.15, -0.1) is 0 Å². The molecular weight excluding hydrogens is 911 g/mol. The largest absolute Gasteiger partial charge is 0.492 e. The van der Waals surface area contributed by atoms with Gasteiger partial charge in [0.25, 0.3) is 23.6 Å². The lowest BCUT2D eigenvalue weighted by molar-refractivity contribution is -0.158. The molecule has 0 aromatic heterocycles. The average molecular weight is 945 g/mol. The van der Waals surface area contributed by atoms with Gasteiger partial charge in [0, 0.05) is 21.5 Å². The molecule has 8 rings (SSSR count). The molecule has 344 valence electrons. The lowest BCUT2D eigenvalue weighted by Gasteiger charge is -2.17. The standard InChI is InChI=1S/C48H34ClF5N2O11/c1-3-17-63-39-25-9-5-7-11-27(25)41(66-47(51)52)37-35(39)43(59)55(45(37)61)31-15-13-23(19-29(31)49)21-33(57)65-34(58)22-24-14-16-32(30(50)20-24)56-44(60)36-38(46(56)62)42(67-48(53)54)28-12-8-6-10-26(28)40(36)64-18-4-2/h5-16,19-20,47-48H,3-4,17-18,21-22H2,1-2H3. The Hall–Kier alpha value is -7.60. The van der Waals surface area contributed by atoms with Crippen LogP contribution in [0.1, 0.15) is 79.2 Å². The summed E-state index contributed by atoms with van der Waals surface area (Å²) >= 11 is 6.56. The molecule has 0 saturated heterocycles.